The summed E-state index contributed by atoms with van der Waals surface area (Å²) in [7, 11) is -3.62. The zero-order valence-electron chi connectivity index (χ0n) is 12.8. The maximum absolute atomic E-state index is 12.4. The van der Waals surface area contributed by atoms with Crippen molar-refractivity contribution in [2.24, 2.45) is 0 Å². The molecule has 1 atom stereocenters. The Morgan fingerprint density at radius 3 is 2.83 bits per heavy atom. The summed E-state index contributed by atoms with van der Waals surface area (Å²) in [5.41, 5.74) is -0.637. The third-order valence-electron chi connectivity index (χ3n) is 3.97. The summed E-state index contributed by atoms with van der Waals surface area (Å²) in [5.74, 6) is 0.602. The van der Waals surface area contributed by atoms with E-state index in [9.17, 15) is 13.5 Å². The van der Waals surface area contributed by atoms with Crippen molar-refractivity contribution in [3.05, 3.63) is 46.8 Å². The summed E-state index contributed by atoms with van der Waals surface area (Å²) < 4.78 is 33.2. The molecule has 5 nitrogen and oxygen atoms in total. The number of nitrogens with one attached hydrogen (secondary N) is 1. The molecule has 0 amide bonds. The first-order valence-corrected chi connectivity index (χ1v) is 9.78. The van der Waals surface area contributed by atoms with E-state index in [0.29, 0.717) is 24.3 Å². The Labute approximate surface area is 140 Å². The maximum atomic E-state index is 12.4. The lowest BCUT2D eigenvalue weighted by atomic mass is 9.88. The number of rotatable bonds is 5. The Kier molecular flexibility index (Phi) is 4.46. The van der Waals surface area contributed by atoms with E-state index in [1.54, 1.807) is 24.3 Å². The van der Waals surface area contributed by atoms with Crippen molar-refractivity contribution in [3.63, 3.8) is 0 Å². The van der Waals surface area contributed by atoms with Crippen molar-refractivity contribution >= 4 is 21.4 Å². The van der Waals surface area contributed by atoms with Crippen LogP contribution in [0, 0.1) is 0 Å². The average molecular weight is 353 g/mol. The van der Waals surface area contributed by atoms with E-state index in [2.05, 4.69) is 4.72 Å². The topological polar surface area (TPSA) is 75.6 Å². The van der Waals surface area contributed by atoms with Gasteiger partial charge in [-0.25, -0.2) is 13.1 Å². The van der Waals surface area contributed by atoms with Gasteiger partial charge in [-0.3, -0.25) is 0 Å². The molecule has 0 bridgehead atoms. The average Bonchev–Trinajstić information content (AvgIpc) is 3.04. The second kappa shape index (κ2) is 6.24. The van der Waals surface area contributed by atoms with Gasteiger partial charge in [-0.05, 0) is 24.6 Å². The SMILES string of the molecule is CCc1ccc(S(=O)(=O)NCC2(O)CCOc3ccccc32)s1. The molecule has 3 rings (SSSR count). The van der Waals surface area contributed by atoms with E-state index in [1.165, 1.54) is 11.3 Å². The smallest absolute Gasteiger partial charge is 0.250 e. The lowest BCUT2D eigenvalue weighted by Crippen LogP contribution is -2.43. The second-order valence-corrected chi connectivity index (χ2v) is 8.69. The number of hydrogen-bond acceptors (Lipinski definition) is 5. The second-order valence-electron chi connectivity index (χ2n) is 5.53. The molecular weight excluding hydrogens is 334 g/mol. The first-order valence-electron chi connectivity index (χ1n) is 7.48. The van der Waals surface area contributed by atoms with Crippen LogP contribution in [-0.4, -0.2) is 26.7 Å². The van der Waals surface area contributed by atoms with Crippen LogP contribution >= 0.6 is 11.3 Å². The minimum absolute atomic E-state index is 0.0743. The molecule has 1 aliphatic rings. The number of sulfonamides is 1. The van der Waals surface area contributed by atoms with Gasteiger partial charge in [-0.15, -0.1) is 11.3 Å². The molecule has 0 aliphatic carbocycles. The molecule has 0 spiro atoms. The van der Waals surface area contributed by atoms with Gasteiger partial charge in [-0.2, -0.15) is 0 Å². The molecule has 2 aromatic rings. The molecule has 1 aromatic heterocycles. The number of hydrogen-bond donors (Lipinski definition) is 2. The lowest BCUT2D eigenvalue weighted by Gasteiger charge is -2.34. The predicted octanol–water partition coefficient (Wildman–Crippen LogP) is 2.26. The monoisotopic (exact) mass is 353 g/mol. The van der Waals surface area contributed by atoms with Crippen LogP contribution < -0.4 is 9.46 Å². The number of aliphatic hydroxyl groups is 1. The van der Waals surface area contributed by atoms with Gasteiger partial charge in [0.05, 0.1) is 6.61 Å². The normalized spacial score (nSPS) is 20.8. The van der Waals surface area contributed by atoms with E-state index >= 15 is 0 Å². The molecule has 1 aromatic carbocycles. The number of aryl methyl sites for hydroxylation is 1. The van der Waals surface area contributed by atoms with E-state index in [1.807, 2.05) is 19.1 Å². The molecule has 0 saturated heterocycles. The van der Waals surface area contributed by atoms with Gasteiger partial charge in [0, 0.05) is 23.4 Å². The lowest BCUT2D eigenvalue weighted by molar-refractivity contribution is 0.00220. The largest absolute Gasteiger partial charge is 0.493 e. The number of fused-ring (bicyclic) bond motifs is 1. The van der Waals surface area contributed by atoms with Crippen molar-refractivity contribution in [2.75, 3.05) is 13.2 Å². The van der Waals surface area contributed by atoms with E-state index in [4.69, 9.17) is 4.74 Å². The maximum Gasteiger partial charge on any atom is 0.250 e. The summed E-state index contributed by atoms with van der Waals surface area (Å²) >= 11 is 1.25. The highest BCUT2D eigenvalue weighted by Gasteiger charge is 2.36. The molecular formula is C16H19NO4S2. The Balaban J connectivity index is 1.80. The Hall–Kier alpha value is -1.41. The van der Waals surface area contributed by atoms with Crippen LogP contribution in [0.5, 0.6) is 5.75 Å². The van der Waals surface area contributed by atoms with Gasteiger partial charge >= 0.3 is 0 Å². The molecule has 1 unspecified atom stereocenters. The van der Waals surface area contributed by atoms with Crippen LogP contribution in [0.25, 0.3) is 0 Å². The molecule has 1 aliphatic heterocycles. The Morgan fingerprint density at radius 2 is 2.09 bits per heavy atom. The molecule has 2 N–H and O–H groups in total. The van der Waals surface area contributed by atoms with Gasteiger partial charge in [0.25, 0.3) is 0 Å². The summed E-state index contributed by atoms with van der Waals surface area (Å²) in [4.78, 5) is 1.01. The van der Waals surface area contributed by atoms with Crippen LogP contribution in [0.3, 0.4) is 0 Å². The summed E-state index contributed by atoms with van der Waals surface area (Å²) in [6, 6.07) is 10.6. The van der Waals surface area contributed by atoms with Crippen LogP contribution in [0.1, 0.15) is 23.8 Å². The van der Waals surface area contributed by atoms with Crippen molar-refractivity contribution < 1.29 is 18.3 Å². The Bertz CT molecular complexity index is 800. The third kappa shape index (κ3) is 3.28. The molecule has 124 valence electrons. The fraction of sp³-hybridized carbons (Fsp3) is 0.375. The van der Waals surface area contributed by atoms with Gasteiger partial charge in [0.15, 0.2) is 0 Å². The number of para-hydroxylation sites is 1. The van der Waals surface area contributed by atoms with Crippen molar-refractivity contribution in [1.29, 1.82) is 0 Å². The molecule has 0 radical (unpaired) electrons. The van der Waals surface area contributed by atoms with Crippen molar-refractivity contribution in [3.8, 4) is 5.75 Å². The highest BCUT2D eigenvalue weighted by molar-refractivity contribution is 7.91. The minimum atomic E-state index is -3.62. The molecule has 2 heterocycles. The number of thiophene rings is 1. The van der Waals surface area contributed by atoms with Crippen molar-refractivity contribution in [2.45, 2.75) is 29.6 Å². The van der Waals surface area contributed by atoms with E-state index in [0.717, 1.165) is 11.3 Å². The number of ether oxygens (including phenoxy) is 1. The van der Waals surface area contributed by atoms with Crippen molar-refractivity contribution in [1.82, 2.24) is 4.72 Å². The van der Waals surface area contributed by atoms with Crippen LogP contribution in [0.4, 0.5) is 0 Å². The van der Waals surface area contributed by atoms with E-state index < -0.39 is 15.6 Å². The minimum Gasteiger partial charge on any atom is -0.493 e. The molecule has 0 saturated carbocycles. The van der Waals surface area contributed by atoms with Gasteiger partial charge in [-0.1, -0.05) is 25.1 Å². The zero-order valence-corrected chi connectivity index (χ0v) is 14.4. The van der Waals surface area contributed by atoms with Crippen LogP contribution in [-0.2, 0) is 22.0 Å². The van der Waals surface area contributed by atoms with Gasteiger partial charge in [0.2, 0.25) is 10.0 Å². The fourth-order valence-corrected chi connectivity index (χ4v) is 5.03. The quantitative estimate of drug-likeness (QED) is 0.864. The fourth-order valence-electron chi connectivity index (χ4n) is 2.60. The highest BCUT2D eigenvalue weighted by atomic mass is 32.2. The molecule has 0 fully saturated rings. The zero-order chi connectivity index (χ0) is 16.5. The highest BCUT2D eigenvalue weighted by Crippen LogP contribution is 2.36. The standard InChI is InChI=1S/C16H19NO4S2/c1-2-12-7-8-15(22-12)23(19,20)17-11-16(18)9-10-21-14-6-4-3-5-13(14)16/h3-8,17-18H,2,9-11H2,1H3. The van der Waals surface area contributed by atoms with Gasteiger partial charge < -0.3 is 9.84 Å². The van der Waals surface area contributed by atoms with Gasteiger partial charge in [0.1, 0.15) is 15.6 Å². The summed E-state index contributed by atoms with van der Waals surface area (Å²) in [6.45, 7) is 2.26. The summed E-state index contributed by atoms with van der Waals surface area (Å²) in [5, 5.41) is 10.9. The predicted molar refractivity (Wildman–Crippen MR) is 89.3 cm³/mol. The van der Waals surface area contributed by atoms with E-state index in [-0.39, 0.29) is 10.8 Å². The molecule has 23 heavy (non-hydrogen) atoms. The first-order chi connectivity index (χ1) is 10.9. The van der Waals surface area contributed by atoms with Crippen LogP contribution in [0.2, 0.25) is 0 Å². The first kappa shape index (κ1) is 16.4. The summed E-state index contributed by atoms with van der Waals surface area (Å²) in [6.07, 6.45) is 1.14. The third-order valence-corrected chi connectivity index (χ3v) is 7.09. The molecule has 7 heteroatoms. The van der Waals surface area contributed by atoms with Crippen LogP contribution in [0.15, 0.2) is 40.6 Å². The Morgan fingerprint density at radius 1 is 1.30 bits per heavy atom. The number of benzene rings is 1.